The monoisotopic (exact) mass is 479 g/mol. The maximum atomic E-state index is 13.0. The number of hydrogen-bond donors (Lipinski definition) is 5. The number of carbonyl (C=O) groups is 5. The molecule has 0 aliphatic carbocycles. The van der Waals surface area contributed by atoms with Gasteiger partial charge in [-0.05, 0) is 16.9 Å². The first-order valence-corrected chi connectivity index (χ1v) is 10.7. The molecule has 0 aliphatic heterocycles. The number of carbonyl (C=O) groups excluding carboxylic acids is 3. The minimum Gasteiger partial charge on any atom is -0.481 e. The molecule has 0 radical (unpaired) electrons. The van der Waals surface area contributed by atoms with Gasteiger partial charge in [0, 0.05) is 0 Å². The van der Waals surface area contributed by atoms with Gasteiger partial charge in [0.2, 0.25) is 11.8 Å². The van der Waals surface area contributed by atoms with Crippen molar-refractivity contribution in [2.24, 2.45) is 11.3 Å². The summed E-state index contributed by atoms with van der Waals surface area (Å²) in [5.41, 5.74) is -0.0940. The highest BCUT2D eigenvalue weighted by Crippen LogP contribution is 2.20. The fraction of sp³-hybridized carbons (Fsp3) is 0.522. The first-order chi connectivity index (χ1) is 15.7. The molecule has 1 aromatic rings. The lowest BCUT2D eigenvalue weighted by Crippen LogP contribution is -2.60. The number of carboxylic acid groups (broad SMARTS) is 2. The molecule has 3 amide bonds. The summed E-state index contributed by atoms with van der Waals surface area (Å²) in [6.45, 7) is 8.35. The van der Waals surface area contributed by atoms with Gasteiger partial charge >= 0.3 is 18.0 Å². The maximum absolute atomic E-state index is 13.0. The van der Waals surface area contributed by atoms with Crippen LogP contribution in [0.2, 0.25) is 0 Å². The van der Waals surface area contributed by atoms with E-state index in [1.807, 2.05) is 6.07 Å². The SMILES string of the molecule is CC(C)[C@H](NC(=O)OCc1ccccc1)C(=O)N[C@H](C(=O)N[C@@H](CC(=O)O)C(=O)O)C(C)(C)C. The van der Waals surface area contributed by atoms with Gasteiger partial charge in [0.25, 0.3) is 0 Å². The summed E-state index contributed by atoms with van der Waals surface area (Å²) in [7, 11) is 0. The van der Waals surface area contributed by atoms with E-state index < -0.39 is 59.8 Å². The van der Waals surface area contributed by atoms with Gasteiger partial charge in [-0.2, -0.15) is 0 Å². The molecule has 0 spiro atoms. The zero-order valence-electron chi connectivity index (χ0n) is 20.0. The highest BCUT2D eigenvalue weighted by atomic mass is 16.5. The molecule has 11 heteroatoms. The Balaban J connectivity index is 2.90. The van der Waals surface area contributed by atoms with Crippen molar-refractivity contribution in [1.82, 2.24) is 16.0 Å². The van der Waals surface area contributed by atoms with E-state index in [2.05, 4.69) is 16.0 Å². The Kier molecular flexibility index (Phi) is 10.5. The van der Waals surface area contributed by atoms with E-state index in [4.69, 9.17) is 9.84 Å². The average molecular weight is 480 g/mol. The van der Waals surface area contributed by atoms with Crippen molar-refractivity contribution >= 4 is 29.8 Å². The van der Waals surface area contributed by atoms with E-state index in [-0.39, 0.29) is 12.5 Å². The summed E-state index contributed by atoms with van der Waals surface area (Å²) >= 11 is 0. The van der Waals surface area contributed by atoms with Crippen LogP contribution in [-0.4, -0.2) is 58.2 Å². The van der Waals surface area contributed by atoms with Crippen LogP contribution in [0.15, 0.2) is 30.3 Å². The third kappa shape index (κ3) is 9.47. The van der Waals surface area contributed by atoms with Crippen LogP contribution in [0.25, 0.3) is 0 Å². The summed E-state index contributed by atoms with van der Waals surface area (Å²) in [4.78, 5) is 60.3. The Morgan fingerprint density at radius 2 is 1.50 bits per heavy atom. The normalized spacial score (nSPS) is 13.8. The standard InChI is InChI=1S/C23H33N3O8/c1-13(2)17(25-22(33)34-12-14-9-7-6-8-10-14)19(29)26-18(23(3,4)5)20(30)24-15(21(31)32)11-16(27)28/h6-10,13,15,17-18H,11-12H2,1-5H3,(H,24,30)(H,25,33)(H,26,29)(H,27,28)(H,31,32)/t15-,17-,18+/m0/s1. The second-order valence-corrected chi connectivity index (χ2v) is 9.23. The molecule has 0 aliphatic rings. The Hall–Kier alpha value is -3.63. The van der Waals surface area contributed by atoms with Crippen LogP contribution in [-0.2, 0) is 30.5 Å². The van der Waals surface area contributed by atoms with Crippen LogP contribution in [0, 0.1) is 11.3 Å². The highest BCUT2D eigenvalue weighted by molar-refractivity contribution is 5.94. The van der Waals surface area contributed by atoms with Gasteiger partial charge in [0.05, 0.1) is 6.42 Å². The smallest absolute Gasteiger partial charge is 0.408 e. The van der Waals surface area contributed by atoms with Gasteiger partial charge < -0.3 is 30.9 Å². The van der Waals surface area contributed by atoms with E-state index in [9.17, 15) is 29.1 Å². The number of carboxylic acids is 2. The minimum absolute atomic E-state index is 0.00623. The molecule has 0 bridgehead atoms. The van der Waals surface area contributed by atoms with Crippen molar-refractivity contribution < 1.29 is 38.9 Å². The highest BCUT2D eigenvalue weighted by Gasteiger charge is 2.37. The van der Waals surface area contributed by atoms with Crippen LogP contribution in [0.5, 0.6) is 0 Å². The number of aliphatic carboxylic acids is 2. The van der Waals surface area contributed by atoms with Gasteiger partial charge in [-0.3, -0.25) is 14.4 Å². The third-order valence-corrected chi connectivity index (χ3v) is 4.84. The van der Waals surface area contributed by atoms with Crippen molar-refractivity contribution in [1.29, 1.82) is 0 Å². The zero-order chi connectivity index (χ0) is 26.1. The number of nitrogens with one attached hydrogen (secondary N) is 3. The topological polar surface area (TPSA) is 171 Å². The van der Waals surface area contributed by atoms with Crippen molar-refractivity contribution in [3.05, 3.63) is 35.9 Å². The summed E-state index contributed by atoms with van der Waals surface area (Å²) in [5.74, 6) is -4.82. The van der Waals surface area contributed by atoms with E-state index in [1.54, 1.807) is 58.9 Å². The van der Waals surface area contributed by atoms with Gasteiger partial charge in [0.1, 0.15) is 24.7 Å². The van der Waals surface area contributed by atoms with Gasteiger partial charge in [-0.25, -0.2) is 9.59 Å². The molecule has 188 valence electrons. The van der Waals surface area contributed by atoms with Crippen molar-refractivity contribution in [2.45, 2.75) is 65.8 Å². The first kappa shape index (κ1) is 28.4. The molecule has 0 unspecified atom stereocenters. The lowest BCUT2D eigenvalue weighted by molar-refractivity contribution is -0.148. The summed E-state index contributed by atoms with van der Waals surface area (Å²) in [6.07, 6.45) is -1.64. The average Bonchev–Trinajstić information content (AvgIpc) is 2.72. The second-order valence-electron chi connectivity index (χ2n) is 9.23. The molecule has 1 rings (SSSR count). The fourth-order valence-electron chi connectivity index (χ4n) is 2.96. The van der Waals surface area contributed by atoms with Crippen molar-refractivity contribution in [2.75, 3.05) is 0 Å². The summed E-state index contributed by atoms with van der Waals surface area (Å²) in [6, 6.07) is 5.05. The van der Waals surface area contributed by atoms with Gasteiger partial charge in [-0.15, -0.1) is 0 Å². The van der Waals surface area contributed by atoms with Crippen LogP contribution in [0.1, 0.15) is 46.6 Å². The lowest BCUT2D eigenvalue weighted by atomic mass is 9.85. The molecule has 0 heterocycles. The van der Waals surface area contributed by atoms with Gasteiger partial charge in [-0.1, -0.05) is 65.0 Å². The fourth-order valence-corrected chi connectivity index (χ4v) is 2.96. The number of alkyl carbamates (subject to hydrolysis) is 1. The molecule has 0 fully saturated rings. The number of amides is 3. The Morgan fingerprint density at radius 3 is 1.97 bits per heavy atom. The predicted octanol–water partition coefficient (Wildman–Crippen LogP) is 1.51. The third-order valence-electron chi connectivity index (χ3n) is 4.84. The van der Waals surface area contributed by atoms with Crippen molar-refractivity contribution in [3.8, 4) is 0 Å². The maximum Gasteiger partial charge on any atom is 0.408 e. The Labute approximate surface area is 198 Å². The molecule has 0 saturated carbocycles. The van der Waals surface area contributed by atoms with Crippen LogP contribution in [0.4, 0.5) is 4.79 Å². The van der Waals surface area contributed by atoms with E-state index in [0.29, 0.717) is 0 Å². The molecule has 11 nitrogen and oxygen atoms in total. The van der Waals surface area contributed by atoms with Crippen LogP contribution in [0.3, 0.4) is 0 Å². The van der Waals surface area contributed by atoms with Gasteiger partial charge in [0.15, 0.2) is 0 Å². The number of benzene rings is 1. The molecule has 3 atom stereocenters. The molecule has 34 heavy (non-hydrogen) atoms. The summed E-state index contributed by atoms with van der Waals surface area (Å²) < 4.78 is 5.16. The quantitative estimate of drug-likeness (QED) is 0.318. The Morgan fingerprint density at radius 1 is 0.912 bits per heavy atom. The zero-order valence-corrected chi connectivity index (χ0v) is 20.0. The first-order valence-electron chi connectivity index (χ1n) is 10.7. The number of ether oxygens (including phenoxy) is 1. The number of hydrogen-bond acceptors (Lipinski definition) is 6. The van der Waals surface area contributed by atoms with Crippen LogP contribution >= 0.6 is 0 Å². The lowest BCUT2D eigenvalue weighted by Gasteiger charge is -2.33. The predicted molar refractivity (Wildman–Crippen MR) is 122 cm³/mol. The van der Waals surface area contributed by atoms with E-state index in [1.165, 1.54) is 0 Å². The molecule has 0 aromatic heterocycles. The molecule has 1 aromatic carbocycles. The largest absolute Gasteiger partial charge is 0.481 e. The molecular weight excluding hydrogens is 446 g/mol. The second kappa shape index (κ2) is 12.6. The minimum atomic E-state index is -1.67. The Bertz CT molecular complexity index is 880. The van der Waals surface area contributed by atoms with E-state index in [0.717, 1.165) is 5.56 Å². The van der Waals surface area contributed by atoms with Crippen molar-refractivity contribution in [3.63, 3.8) is 0 Å². The van der Waals surface area contributed by atoms with Crippen LogP contribution < -0.4 is 16.0 Å². The molecular formula is C23H33N3O8. The molecule has 0 saturated heterocycles. The van der Waals surface area contributed by atoms with E-state index >= 15 is 0 Å². The molecule has 5 N–H and O–H groups in total. The number of rotatable bonds is 11. The summed E-state index contributed by atoms with van der Waals surface area (Å²) in [5, 5.41) is 25.3.